The number of halogens is 1. The highest BCUT2D eigenvalue weighted by Crippen LogP contribution is 2.21. The van der Waals surface area contributed by atoms with Crippen LogP contribution in [0.4, 0.5) is 0 Å². The molecule has 2 aromatic rings. The van der Waals surface area contributed by atoms with Crippen LogP contribution in [0.25, 0.3) is 11.4 Å². The van der Waals surface area contributed by atoms with E-state index in [0.29, 0.717) is 11.7 Å². The second kappa shape index (κ2) is 6.92. The van der Waals surface area contributed by atoms with E-state index in [2.05, 4.69) is 26.1 Å². The maximum Gasteiger partial charge on any atom is 0.236 e. The molecule has 0 bridgehead atoms. The van der Waals surface area contributed by atoms with Crippen LogP contribution in [-0.2, 0) is 5.75 Å². The molecular weight excluding hydrogens is 314 g/mol. The van der Waals surface area contributed by atoms with Crippen molar-refractivity contribution >= 4 is 27.7 Å². The number of benzene rings is 1. The third-order valence-corrected chi connectivity index (χ3v) is 3.79. The van der Waals surface area contributed by atoms with E-state index in [4.69, 9.17) is 10.3 Å². The van der Waals surface area contributed by atoms with Crippen LogP contribution in [0.15, 0.2) is 33.3 Å². The highest BCUT2D eigenvalue weighted by atomic mass is 79.9. The number of hydrogen-bond acceptors (Lipinski definition) is 5. The monoisotopic (exact) mass is 327 g/mol. The summed E-state index contributed by atoms with van der Waals surface area (Å²) in [6.45, 7) is 0.722. The number of aromatic nitrogens is 2. The van der Waals surface area contributed by atoms with Crippen molar-refractivity contribution < 1.29 is 4.52 Å². The van der Waals surface area contributed by atoms with E-state index in [1.54, 1.807) is 11.8 Å². The Morgan fingerprint density at radius 1 is 1.39 bits per heavy atom. The van der Waals surface area contributed by atoms with Crippen LogP contribution < -0.4 is 5.73 Å². The number of thioether (sulfide) groups is 1. The zero-order valence-electron chi connectivity index (χ0n) is 9.80. The molecule has 0 saturated heterocycles. The Morgan fingerprint density at radius 2 is 2.28 bits per heavy atom. The Balaban J connectivity index is 1.97. The summed E-state index contributed by atoms with van der Waals surface area (Å²) in [6.07, 6.45) is 1.01. The van der Waals surface area contributed by atoms with Gasteiger partial charge < -0.3 is 10.3 Å². The summed E-state index contributed by atoms with van der Waals surface area (Å²) in [4.78, 5) is 4.37. The summed E-state index contributed by atoms with van der Waals surface area (Å²) in [5, 5.41) is 3.98. The molecule has 0 unspecified atom stereocenters. The Labute approximate surface area is 118 Å². The van der Waals surface area contributed by atoms with E-state index in [1.807, 2.05) is 24.3 Å². The molecule has 0 aliphatic carbocycles. The van der Waals surface area contributed by atoms with Crippen molar-refractivity contribution in [2.45, 2.75) is 12.2 Å². The maximum absolute atomic E-state index is 5.43. The van der Waals surface area contributed by atoms with Gasteiger partial charge in [0.15, 0.2) is 0 Å². The molecular formula is C12H14BrN3OS. The van der Waals surface area contributed by atoms with E-state index in [-0.39, 0.29) is 0 Å². The zero-order valence-corrected chi connectivity index (χ0v) is 12.2. The molecule has 18 heavy (non-hydrogen) atoms. The van der Waals surface area contributed by atoms with Crippen molar-refractivity contribution in [3.05, 3.63) is 34.6 Å². The van der Waals surface area contributed by atoms with Gasteiger partial charge in [0.25, 0.3) is 0 Å². The summed E-state index contributed by atoms with van der Waals surface area (Å²) < 4.78 is 6.21. The van der Waals surface area contributed by atoms with Gasteiger partial charge in [0.05, 0.1) is 5.75 Å². The normalized spacial score (nSPS) is 10.8. The van der Waals surface area contributed by atoms with Gasteiger partial charge in [-0.3, -0.25) is 0 Å². The molecule has 2 rings (SSSR count). The molecule has 0 amide bonds. The first-order chi connectivity index (χ1) is 8.79. The van der Waals surface area contributed by atoms with Gasteiger partial charge in [-0.15, -0.1) is 0 Å². The fraction of sp³-hybridized carbons (Fsp3) is 0.333. The molecule has 0 radical (unpaired) electrons. The molecule has 0 aliphatic heterocycles. The molecule has 0 fully saturated rings. The Morgan fingerprint density at radius 3 is 3.06 bits per heavy atom. The maximum atomic E-state index is 5.43. The summed E-state index contributed by atoms with van der Waals surface area (Å²) in [5.74, 6) is 3.05. The summed E-state index contributed by atoms with van der Waals surface area (Å²) in [5.41, 5.74) is 6.38. The summed E-state index contributed by atoms with van der Waals surface area (Å²) >= 11 is 5.18. The fourth-order valence-corrected chi connectivity index (χ4v) is 2.61. The van der Waals surface area contributed by atoms with E-state index in [1.165, 1.54) is 0 Å². The molecule has 2 N–H and O–H groups in total. The average molecular weight is 328 g/mol. The highest BCUT2D eigenvalue weighted by molar-refractivity contribution is 9.10. The molecule has 0 spiro atoms. The largest absolute Gasteiger partial charge is 0.338 e. The van der Waals surface area contributed by atoms with Crippen LogP contribution in [0, 0.1) is 0 Å². The summed E-state index contributed by atoms with van der Waals surface area (Å²) in [6, 6.07) is 7.84. The Kier molecular flexibility index (Phi) is 5.22. The van der Waals surface area contributed by atoms with Crippen LogP contribution in [0.1, 0.15) is 12.3 Å². The number of hydrogen-bond donors (Lipinski definition) is 1. The third kappa shape index (κ3) is 3.83. The number of nitrogens with two attached hydrogens (primary N) is 1. The fourth-order valence-electron chi connectivity index (χ4n) is 1.40. The Hall–Kier alpha value is -0.850. The quantitative estimate of drug-likeness (QED) is 0.826. The predicted molar refractivity (Wildman–Crippen MR) is 77.3 cm³/mol. The van der Waals surface area contributed by atoms with Crippen molar-refractivity contribution in [3.63, 3.8) is 0 Å². The van der Waals surface area contributed by atoms with Crippen molar-refractivity contribution in [1.29, 1.82) is 0 Å². The second-order valence-corrected chi connectivity index (χ2v) is 5.74. The van der Waals surface area contributed by atoms with Crippen LogP contribution >= 0.6 is 27.7 Å². The first-order valence-corrected chi connectivity index (χ1v) is 7.60. The molecule has 0 aliphatic rings. The smallest absolute Gasteiger partial charge is 0.236 e. The number of rotatable bonds is 6. The minimum Gasteiger partial charge on any atom is -0.338 e. The molecule has 96 valence electrons. The minimum absolute atomic E-state index is 0.630. The van der Waals surface area contributed by atoms with Crippen molar-refractivity contribution in [2.75, 3.05) is 12.3 Å². The van der Waals surface area contributed by atoms with Gasteiger partial charge in [0.2, 0.25) is 11.7 Å². The zero-order chi connectivity index (χ0) is 12.8. The lowest BCUT2D eigenvalue weighted by Crippen LogP contribution is -1.99. The average Bonchev–Trinajstić information content (AvgIpc) is 2.83. The van der Waals surface area contributed by atoms with Gasteiger partial charge in [-0.05, 0) is 30.9 Å². The Bertz CT molecular complexity index is 504. The summed E-state index contributed by atoms with van der Waals surface area (Å²) in [7, 11) is 0. The predicted octanol–water partition coefficient (Wildman–Crippen LogP) is 3.08. The SMILES string of the molecule is NCCCSCc1nc(-c2cccc(Br)c2)no1. The molecule has 0 saturated carbocycles. The van der Waals surface area contributed by atoms with Crippen LogP contribution in [-0.4, -0.2) is 22.4 Å². The lowest BCUT2D eigenvalue weighted by Gasteiger charge is -1.95. The molecule has 1 aromatic heterocycles. The van der Waals surface area contributed by atoms with Crippen molar-refractivity contribution in [3.8, 4) is 11.4 Å². The van der Waals surface area contributed by atoms with E-state index < -0.39 is 0 Å². The minimum atomic E-state index is 0.630. The topological polar surface area (TPSA) is 64.9 Å². The second-order valence-electron chi connectivity index (χ2n) is 3.72. The molecule has 4 nitrogen and oxygen atoms in total. The van der Waals surface area contributed by atoms with E-state index >= 15 is 0 Å². The molecule has 6 heteroatoms. The van der Waals surface area contributed by atoms with Crippen molar-refractivity contribution in [1.82, 2.24) is 10.1 Å². The first kappa shape index (κ1) is 13.6. The van der Waals surface area contributed by atoms with E-state index in [9.17, 15) is 0 Å². The van der Waals surface area contributed by atoms with Gasteiger partial charge in [0, 0.05) is 10.0 Å². The highest BCUT2D eigenvalue weighted by Gasteiger charge is 2.08. The third-order valence-electron chi connectivity index (χ3n) is 2.27. The van der Waals surface area contributed by atoms with Gasteiger partial charge in [-0.1, -0.05) is 33.2 Å². The lowest BCUT2D eigenvalue weighted by atomic mass is 10.2. The van der Waals surface area contributed by atoms with Gasteiger partial charge in [-0.25, -0.2) is 0 Å². The van der Waals surface area contributed by atoms with Crippen LogP contribution in [0.5, 0.6) is 0 Å². The molecule has 0 atom stereocenters. The van der Waals surface area contributed by atoms with Gasteiger partial charge >= 0.3 is 0 Å². The number of nitrogens with zero attached hydrogens (tertiary/aromatic N) is 2. The van der Waals surface area contributed by atoms with Crippen molar-refractivity contribution in [2.24, 2.45) is 5.73 Å². The lowest BCUT2D eigenvalue weighted by molar-refractivity contribution is 0.391. The first-order valence-electron chi connectivity index (χ1n) is 5.66. The van der Waals surface area contributed by atoms with Crippen LogP contribution in [0.2, 0.25) is 0 Å². The standard InChI is InChI=1S/C12H14BrN3OS/c13-10-4-1-3-9(7-10)12-15-11(17-16-12)8-18-6-2-5-14/h1,3-4,7H,2,5-6,8,14H2. The van der Waals surface area contributed by atoms with E-state index in [0.717, 1.165) is 34.5 Å². The van der Waals surface area contributed by atoms with Crippen LogP contribution in [0.3, 0.4) is 0 Å². The van der Waals surface area contributed by atoms with Gasteiger partial charge in [0.1, 0.15) is 0 Å². The molecule has 1 heterocycles. The molecule has 1 aromatic carbocycles. The van der Waals surface area contributed by atoms with Gasteiger partial charge in [-0.2, -0.15) is 16.7 Å².